The number of carboxylic acids is 1. The Balaban J connectivity index is 0.00000109. The molecule has 25 heavy (non-hydrogen) atoms. The minimum atomic E-state index is -1.00. The molecule has 6 nitrogen and oxygen atoms in total. The number of carboxylic acid groups (broad SMARTS) is 1. The molecule has 0 radical (unpaired) electrons. The van der Waals surface area contributed by atoms with Crippen LogP contribution in [0.4, 0.5) is 0 Å². The smallest absolute Gasteiger partial charge is 0.335 e. The van der Waals surface area contributed by atoms with Gasteiger partial charge in [-0.25, -0.2) is 9.78 Å². The van der Waals surface area contributed by atoms with Crippen molar-refractivity contribution in [3.05, 3.63) is 65.0 Å². The Morgan fingerprint density at radius 2 is 1.96 bits per heavy atom. The second-order valence-electron chi connectivity index (χ2n) is 5.23. The second kappa shape index (κ2) is 8.10. The molecular weight excluding hydrogens is 318 g/mol. The quantitative estimate of drug-likeness (QED) is 0.677. The van der Waals surface area contributed by atoms with Gasteiger partial charge >= 0.3 is 5.97 Å². The van der Waals surface area contributed by atoms with Crippen molar-refractivity contribution in [3.63, 3.8) is 0 Å². The van der Waals surface area contributed by atoms with Crippen LogP contribution < -0.4 is 5.32 Å². The van der Waals surface area contributed by atoms with E-state index in [1.807, 2.05) is 32.0 Å². The number of rotatable bonds is 4. The molecule has 2 aromatic carbocycles. The standard InChI is InChI=1S/C17H15N3O3.C2H6/c1-10-7-11(5-6-13(10)17(22)23)16(21)18-8-12-3-2-4-14-15(12)20-9-19-14;1-2/h2-7,9H,8H2,1H3,(H,18,21)(H,19,20)(H,22,23);1-2H3. The number of carbonyl (C=O) groups excluding carboxylic acids is 1. The van der Waals surface area contributed by atoms with E-state index < -0.39 is 5.97 Å². The summed E-state index contributed by atoms with van der Waals surface area (Å²) >= 11 is 0. The number of nitrogens with one attached hydrogen (secondary N) is 2. The molecule has 0 aliphatic carbocycles. The number of fused-ring (bicyclic) bond motifs is 1. The first kappa shape index (κ1) is 18.2. The Morgan fingerprint density at radius 3 is 2.64 bits per heavy atom. The SMILES string of the molecule is CC.Cc1cc(C(=O)NCc2cccc3[nH]cnc23)ccc1C(=O)O. The number of aromatic amines is 1. The molecule has 1 aromatic heterocycles. The molecule has 0 saturated carbocycles. The van der Waals surface area contributed by atoms with Crippen molar-refractivity contribution in [3.8, 4) is 0 Å². The fraction of sp³-hybridized carbons (Fsp3) is 0.211. The maximum atomic E-state index is 12.2. The second-order valence-corrected chi connectivity index (χ2v) is 5.23. The highest BCUT2D eigenvalue weighted by Gasteiger charge is 2.12. The topological polar surface area (TPSA) is 95.1 Å². The molecule has 0 unspecified atom stereocenters. The summed E-state index contributed by atoms with van der Waals surface area (Å²) in [6, 6.07) is 10.3. The van der Waals surface area contributed by atoms with Crippen molar-refractivity contribution in [2.24, 2.45) is 0 Å². The number of hydrogen-bond acceptors (Lipinski definition) is 3. The Kier molecular flexibility index (Phi) is 5.89. The number of carbonyl (C=O) groups is 2. The van der Waals surface area contributed by atoms with Crippen molar-refractivity contribution in [1.29, 1.82) is 0 Å². The predicted molar refractivity (Wildman–Crippen MR) is 96.8 cm³/mol. The zero-order valence-electron chi connectivity index (χ0n) is 14.5. The van der Waals surface area contributed by atoms with Crippen LogP contribution in [0.1, 0.15) is 45.7 Å². The lowest BCUT2D eigenvalue weighted by atomic mass is 10.0. The summed E-state index contributed by atoms with van der Waals surface area (Å²) in [5.41, 5.74) is 3.84. The van der Waals surface area contributed by atoms with Crippen LogP contribution in [-0.4, -0.2) is 27.0 Å². The van der Waals surface area contributed by atoms with Crippen molar-refractivity contribution in [1.82, 2.24) is 15.3 Å². The molecule has 0 saturated heterocycles. The van der Waals surface area contributed by atoms with E-state index >= 15 is 0 Å². The van der Waals surface area contributed by atoms with Gasteiger partial charge in [-0.1, -0.05) is 26.0 Å². The maximum absolute atomic E-state index is 12.2. The van der Waals surface area contributed by atoms with Gasteiger partial charge in [0.1, 0.15) is 0 Å². The third-order valence-corrected chi connectivity index (χ3v) is 3.69. The number of aryl methyl sites for hydroxylation is 1. The minimum absolute atomic E-state index is 0.197. The fourth-order valence-corrected chi connectivity index (χ4v) is 2.49. The fourth-order valence-electron chi connectivity index (χ4n) is 2.49. The highest BCUT2D eigenvalue weighted by atomic mass is 16.4. The number of aromatic carboxylic acids is 1. The van der Waals surface area contributed by atoms with Crippen LogP contribution in [0.25, 0.3) is 11.0 Å². The third-order valence-electron chi connectivity index (χ3n) is 3.69. The van der Waals surface area contributed by atoms with Crippen molar-refractivity contribution in [2.75, 3.05) is 0 Å². The lowest BCUT2D eigenvalue weighted by Crippen LogP contribution is -2.23. The van der Waals surface area contributed by atoms with Crippen LogP contribution in [0.15, 0.2) is 42.7 Å². The van der Waals surface area contributed by atoms with Gasteiger partial charge in [0.2, 0.25) is 0 Å². The highest BCUT2D eigenvalue weighted by Crippen LogP contribution is 2.15. The molecule has 0 aliphatic heterocycles. The summed E-state index contributed by atoms with van der Waals surface area (Å²) < 4.78 is 0. The molecule has 0 aliphatic rings. The summed E-state index contributed by atoms with van der Waals surface area (Å²) in [6.45, 7) is 6.02. The molecule has 0 atom stereocenters. The van der Waals surface area contributed by atoms with Crippen LogP contribution in [0.3, 0.4) is 0 Å². The zero-order valence-corrected chi connectivity index (χ0v) is 14.5. The van der Waals surface area contributed by atoms with Gasteiger partial charge < -0.3 is 15.4 Å². The van der Waals surface area contributed by atoms with Crippen LogP contribution in [-0.2, 0) is 6.54 Å². The first-order chi connectivity index (χ1) is 12.1. The number of aromatic nitrogens is 2. The Labute approximate surface area is 145 Å². The first-order valence-corrected chi connectivity index (χ1v) is 8.09. The number of para-hydroxylation sites is 1. The summed E-state index contributed by atoms with van der Waals surface area (Å²) in [5.74, 6) is -1.25. The number of hydrogen-bond donors (Lipinski definition) is 3. The summed E-state index contributed by atoms with van der Waals surface area (Å²) in [7, 11) is 0. The average molecular weight is 339 g/mol. The average Bonchev–Trinajstić information content (AvgIpc) is 3.10. The molecule has 3 N–H and O–H groups in total. The predicted octanol–water partition coefficient (Wildman–Crippen LogP) is 3.53. The number of benzene rings is 2. The molecule has 0 fully saturated rings. The van der Waals surface area contributed by atoms with Crippen LogP contribution in [0.2, 0.25) is 0 Å². The van der Waals surface area contributed by atoms with E-state index in [9.17, 15) is 9.59 Å². The van der Waals surface area contributed by atoms with Crippen LogP contribution in [0, 0.1) is 6.92 Å². The Hall–Kier alpha value is -3.15. The van der Waals surface area contributed by atoms with E-state index in [-0.39, 0.29) is 11.5 Å². The lowest BCUT2D eigenvalue weighted by molar-refractivity contribution is 0.0695. The van der Waals surface area contributed by atoms with Crippen LogP contribution >= 0.6 is 0 Å². The van der Waals surface area contributed by atoms with Crippen molar-refractivity contribution < 1.29 is 14.7 Å². The maximum Gasteiger partial charge on any atom is 0.335 e. The van der Waals surface area contributed by atoms with Gasteiger partial charge in [-0.2, -0.15) is 0 Å². The van der Waals surface area contributed by atoms with E-state index in [4.69, 9.17) is 5.11 Å². The molecule has 0 spiro atoms. The van der Waals surface area contributed by atoms with Gasteiger partial charge in [-0.3, -0.25) is 4.79 Å². The minimum Gasteiger partial charge on any atom is -0.478 e. The van der Waals surface area contributed by atoms with E-state index in [2.05, 4.69) is 15.3 Å². The largest absolute Gasteiger partial charge is 0.478 e. The van der Waals surface area contributed by atoms with Gasteiger partial charge in [0, 0.05) is 12.1 Å². The molecule has 130 valence electrons. The highest BCUT2D eigenvalue weighted by molar-refractivity contribution is 5.96. The van der Waals surface area contributed by atoms with Gasteiger partial charge in [0.05, 0.1) is 22.9 Å². The third kappa shape index (κ3) is 4.03. The van der Waals surface area contributed by atoms with Crippen molar-refractivity contribution in [2.45, 2.75) is 27.3 Å². The monoisotopic (exact) mass is 339 g/mol. The lowest BCUT2D eigenvalue weighted by Gasteiger charge is -2.08. The molecule has 1 heterocycles. The summed E-state index contributed by atoms with van der Waals surface area (Å²) in [6.07, 6.45) is 1.62. The molecular formula is C19H21N3O3. The number of imidazole rings is 1. The van der Waals surface area contributed by atoms with E-state index in [1.54, 1.807) is 19.3 Å². The van der Waals surface area contributed by atoms with Gasteiger partial charge in [0.15, 0.2) is 0 Å². The number of H-pyrrole nitrogens is 1. The number of nitrogens with zero attached hydrogens (tertiary/aromatic N) is 1. The summed E-state index contributed by atoms with van der Waals surface area (Å²) in [5, 5.41) is 11.8. The van der Waals surface area contributed by atoms with E-state index in [1.165, 1.54) is 12.1 Å². The Bertz CT molecular complexity index is 900. The van der Waals surface area contributed by atoms with Gasteiger partial charge in [-0.15, -0.1) is 0 Å². The first-order valence-electron chi connectivity index (χ1n) is 8.09. The molecule has 3 aromatic rings. The van der Waals surface area contributed by atoms with Gasteiger partial charge in [0.25, 0.3) is 5.91 Å². The van der Waals surface area contributed by atoms with Crippen molar-refractivity contribution >= 4 is 22.9 Å². The van der Waals surface area contributed by atoms with E-state index in [0.29, 0.717) is 17.7 Å². The molecule has 0 bridgehead atoms. The van der Waals surface area contributed by atoms with E-state index in [0.717, 1.165) is 16.6 Å². The normalized spacial score (nSPS) is 10.0. The molecule has 3 rings (SSSR count). The summed E-state index contributed by atoms with van der Waals surface area (Å²) in [4.78, 5) is 30.5. The molecule has 6 heteroatoms. The zero-order chi connectivity index (χ0) is 18.4. The van der Waals surface area contributed by atoms with Gasteiger partial charge in [-0.05, 0) is 42.3 Å². The molecule has 1 amide bonds. The Morgan fingerprint density at radius 1 is 1.20 bits per heavy atom. The number of amides is 1. The van der Waals surface area contributed by atoms with Crippen LogP contribution in [0.5, 0.6) is 0 Å².